The number of ether oxygens (including phenoxy) is 1. The molecule has 1 unspecified atom stereocenters. The number of likely N-dealkylation sites (N-methyl/N-ethyl adjacent to an activating group) is 1. The van der Waals surface area contributed by atoms with E-state index >= 15 is 0 Å². The summed E-state index contributed by atoms with van der Waals surface area (Å²) in [5.41, 5.74) is 1.61. The Bertz CT molecular complexity index is 1430. The quantitative estimate of drug-likeness (QED) is 0.336. The van der Waals surface area contributed by atoms with Crippen molar-refractivity contribution in [2.24, 2.45) is 0 Å². The zero-order valence-electron chi connectivity index (χ0n) is 22.1. The van der Waals surface area contributed by atoms with Crippen LogP contribution < -0.4 is 14.4 Å². The van der Waals surface area contributed by atoms with Crippen molar-refractivity contribution in [3.63, 3.8) is 0 Å². The van der Waals surface area contributed by atoms with Gasteiger partial charge in [0.15, 0.2) is 0 Å². The van der Waals surface area contributed by atoms with Crippen LogP contribution >= 0.6 is 23.2 Å². The van der Waals surface area contributed by atoms with Crippen molar-refractivity contribution < 1.29 is 22.7 Å². The molecule has 3 aromatic rings. The van der Waals surface area contributed by atoms with E-state index in [9.17, 15) is 18.0 Å². The summed E-state index contributed by atoms with van der Waals surface area (Å²) in [7, 11) is -1.30. The highest BCUT2D eigenvalue weighted by Gasteiger charge is 2.34. The molecule has 208 valence electrons. The third-order valence-corrected chi connectivity index (χ3v) is 8.70. The summed E-state index contributed by atoms with van der Waals surface area (Å²) in [6.45, 7) is 3.02. The standard InChI is InChI=1S/C28H31Cl2N3O5S/c1-5-24(28(35)31-3)32(17-20-12-13-22(29)23(30)16-20)27(34)18-33(25-15-19(2)11-14-26(25)38-4)39(36,37)21-9-7-6-8-10-21/h6-16,24H,5,17-18H2,1-4H3,(H,31,35). The van der Waals surface area contributed by atoms with Gasteiger partial charge in [0.05, 0.1) is 27.7 Å². The molecule has 39 heavy (non-hydrogen) atoms. The Balaban J connectivity index is 2.13. The van der Waals surface area contributed by atoms with E-state index in [4.69, 9.17) is 27.9 Å². The van der Waals surface area contributed by atoms with Gasteiger partial charge in [0.1, 0.15) is 18.3 Å². The summed E-state index contributed by atoms with van der Waals surface area (Å²) >= 11 is 12.3. The second-order valence-electron chi connectivity index (χ2n) is 8.81. The van der Waals surface area contributed by atoms with Crippen molar-refractivity contribution in [3.05, 3.63) is 87.9 Å². The summed E-state index contributed by atoms with van der Waals surface area (Å²) in [6.07, 6.45) is 0.298. The van der Waals surface area contributed by atoms with E-state index in [1.165, 1.54) is 31.2 Å². The maximum absolute atomic E-state index is 14.0. The predicted octanol–water partition coefficient (Wildman–Crippen LogP) is 5.06. The molecule has 0 saturated carbocycles. The fourth-order valence-electron chi connectivity index (χ4n) is 4.15. The predicted molar refractivity (Wildman–Crippen MR) is 154 cm³/mol. The molecule has 11 heteroatoms. The molecule has 0 aliphatic rings. The molecule has 1 atom stereocenters. The van der Waals surface area contributed by atoms with Gasteiger partial charge in [0.2, 0.25) is 11.8 Å². The van der Waals surface area contributed by atoms with Gasteiger partial charge in [-0.25, -0.2) is 8.42 Å². The fourth-order valence-corrected chi connectivity index (χ4v) is 5.91. The van der Waals surface area contributed by atoms with Crippen LogP contribution in [0.2, 0.25) is 10.0 Å². The van der Waals surface area contributed by atoms with Crippen LogP contribution in [-0.4, -0.2) is 51.9 Å². The van der Waals surface area contributed by atoms with E-state index in [2.05, 4.69) is 5.32 Å². The lowest BCUT2D eigenvalue weighted by atomic mass is 10.1. The summed E-state index contributed by atoms with van der Waals surface area (Å²) in [6, 6.07) is 17.0. The van der Waals surface area contributed by atoms with E-state index in [-0.39, 0.29) is 28.8 Å². The molecule has 0 bridgehead atoms. The lowest BCUT2D eigenvalue weighted by Gasteiger charge is -2.33. The minimum absolute atomic E-state index is 0.00578. The molecule has 0 aliphatic heterocycles. The molecular weight excluding hydrogens is 561 g/mol. The monoisotopic (exact) mass is 591 g/mol. The van der Waals surface area contributed by atoms with E-state index in [1.807, 2.05) is 6.92 Å². The van der Waals surface area contributed by atoms with Gasteiger partial charge in [0, 0.05) is 13.6 Å². The summed E-state index contributed by atoms with van der Waals surface area (Å²) in [5, 5.41) is 3.24. The second-order valence-corrected chi connectivity index (χ2v) is 11.5. The molecule has 1 N–H and O–H groups in total. The van der Waals surface area contributed by atoms with Crippen LogP contribution in [0.15, 0.2) is 71.6 Å². The Kier molecular flexibility index (Phi) is 10.2. The van der Waals surface area contributed by atoms with Gasteiger partial charge >= 0.3 is 0 Å². The van der Waals surface area contributed by atoms with Gasteiger partial charge in [-0.1, -0.05) is 60.5 Å². The topological polar surface area (TPSA) is 96.0 Å². The third kappa shape index (κ3) is 7.03. The molecule has 0 heterocycles. The second kappa shape index (κ2) is 13.2. The average Bonchev–Trinajstić information content (AvgIpc) is 2.93. The minimum Gasteiger partial charge on any atom is -0.495 e. The Hall–Kier alpha value is -3.27. The number of benzene rings is 3. The molecule has 8 nitrogen and oxygen atoms in total. The van der Waals surface area contributed by atoms with Gasteiger partial charge in [-0.05, 0) is 60.9 Å². The number of halogens is 2. The first-order valence-electron chi connectivity index (χ1n) is 12.2. The zero-order valence-corrected chi connectivity index (χ0v) is 24.5. The molecule has 0 spiro atoms. The highest BCUT2D eigenvalue weighted by atomic mass is 35.5. The lowest BCUT2D eigenvalue weighted by Crippen LogP contribution is -2.51. The number of nitrogens with one attached hydrogen (secondary N) is 1. The number of methoxy groups -OCH3 is 1. The van der Waals surface area contributed by atoms with Crippen LogP contribution in [0.5, 0.6) is 5.75 Å². The van der Waals surface area contributed by atoms with Crippen molar-refractivity contribution in [2.45, 2.75) is 37.8 Å². The number of aryl methyl sites for hydroxylation is 1. The van der Waals surface area contributed by atoms with Gasteiger partial charge in [0.25, 0.3) is 10.0 Å². The molecule has 0 radical (unpaired) electrons. The van der Waals surface area contributed by atoms with Crippen LogP contribution in [0.1, 0.15) is 24.5 Å². The average molecular weight is 593 g/mol. The Morgan fingerprint density at radius 1 is 1.00 bits per heavy atom. The minimum atomic E-state index is -4.21. The molecule has 0 saturated heterocycles. The Morgan fingerprint density at radius 3 is 2.28 bits per heavy atom. The van der Waals surface area contributed by atoms with E-state index < -0.39 is 28.5 Å². The van der Waals surface area contributed by atoms with Crippen molar-refractivity contribution in [1.29, 1.82) is 0 Å². The largest absolute Gasteiger partial charge is 0.495 e. The van der Waals surface area contributed by atoms with Crippen LogP contribution in [0, 0.1) is 6.92 Å². The number of amides is 2. The molecule has 0 aromatic heterocycles. The molecule has 0 fully saturated rings. The normalized spacial score (nSPS) is 11.9. The fraction of sp³-hybridized carbons (Fsp3) is 0.286. The van der Waals surface area contributed by atoms with E-state index in [0.29, 0.717) is 22.0 Å². The van der Waals surface area contributed by atoms with Crippen LogP contribution in [0.3, 0.4) is 0 Å². The number of carbonyl (C=O) groups excluding carboxylic acids is 2. The highest BCUT2D eigenvalue weighted by molar-refractivity contribution is 7.92. The van der Waals surface area contributed by atoms with Gasteiger partial charge in [-0.15, -0.1) is 0 Å². The lowest BCUT2D eigenvalue weighted by molar-refractivity contribution is -0.140. The first kappa shape index (κ1) is 30.3. The number of carbonyl (C=O) groups is 2. The van der Waals surface area contributed by atoms with Gasteiger partial charge in [-0.3, -0.25) is 13.9 Å². The maximum atomic E-state index is 14.0. The molecule has 0 aliphatic carbocycles. The van der Waals surface area contributed by atoms with Crippen LogP contribution in [0.4, 0.5) is 5.69 Å². The van der Waals surface area contributed by atoms with Crippen molar-refractivity contribution in [3.8, 4) is 5.75 Å². The number of hydrogen-bond donors (Lipinski definition) is 1. The smallest absolute Gasteiger partial charge is 0.264 e. The number of hydrogen-bond acceptors (Lipinski definition) is 5. The summed E-state index contributed by atoms with van der Waals surface area (Å²) < 4.78 is 34.4. The first-order valence-corrected chi connectivity index (χ1v) is 14.4. The summed E-state index contributed by atoms with van der Waals surface area (Å²) in [5.74, 6) is -0.682. The van der Waals surface area contributed by atoms with Crippen molar-refractivity contribution >= 4 is 50.7 Å². The Morgan fingerprint density at radius 2 is 1.69 bits per heavy atom. The van der Waals surface area contributed by atoms with Crippen molar-refractivity contribution in [2.75, 3.05) is 25.0 Å². The van der Waals surface area contributed by atoms with E-state index in [1.54, 1.807) is 61.5 Å². The molecule has 3 aromatic carbocycles. The van der Waals surface area contributed by atoms with Crippen LogP contribution in [-0.2, 0) is 26.2 Å². The number of nitrogens with zero attached hydrogens (tertiary/aromatic N) is 2. The summed E-state index contributed by atoms with van der Waals surface area (Å²) in [4.78, 5) is 28.2. The zero-order chi connectivity index (χ0) is 28.7. The third-order valence-electron chi connectivity index (χ3n) is 6.18. The van der Waals surface area contributed by atoms with Gasteiger partial charge < -0.3 is 15.0 Å². The molecule has 2 amide bonds. The van der Waals surface area contributed by atoms with Crippen LogP contribution in [0.25, 0.3) is 0 Å². The number of sulfonamides is 1. The van der Waals surface area contributed by atoms with Gasteiger partial charge in [-0.2, -0.15) is 0 Å². The number of rotatable bonds is 11. The Labute approximate surface area is 239 Å². The van der Waals surface area contributed by atoms with Crippen molar-refractivity contribution in [1.82, 2.24) is 10.2 Å². The number of anilines is 1. The maximum Gasteiger partial charge on any atom is 0.264 e. The van der Waals surface area contributed by atoms with E-state index in [0.717, 1.165) is 9.87 Å². The molecular formula is C28H31Cl2N3O5S. The first-order chi connectivity index (χ1) is 18.5. The molecule has 3 rings (SSSR count). The SMILES string of the molecule is CCC(C(=O)NC)N(Cc1ccc(Cl)c(Cl)c1)C(=O)CN(c1cc(C)ccc1OC)S(=O)(=O)c1ccccc1. The highest BCUT2D eigenvalue weighted by Crippen LogP contribution is 2.34.